The maximum absolute atomic E-state index is 11.9. The van der Waals surface area contributed by atoms with E-state index in [9.17, 15) is 9.90 Å². The Bertz CT molecular complexity index is 719. The van der Waals surface area contributed by atoms with Crippen LogP contribution in [0.3, 0.4) is 0 Å². The zero-order valence-corrected chi connectivity index (χ0v) is 13.5. The Morgan fingerprint density at radius 3 is 2.75 bits per heavy atom. The molecule has 126 valence electrons. The van der Waals surface area contributed by atoms with E-state index in [1.165, 1.54) is 0 Å². The van der Waals surface area contributed by atoms with Crippen molar-refractivity contribution in [3.05, 3.63) is 53.1 Å². The second-order valence-electron chi connectivity index (χ2n) is 5.20. The largest absolute Gasteiger partial charge is 0.491 e. The molecule has 7 heteroatoms. The van der Waals surface area contributed by atoms with Crippen LogP contribution < -0.4 is 19.5 Å². The lowest BCUT2D eigenvalue weighted by Gasteiger charge is -2.13. The third-order valence-corrected chi connectivity index (χ3v) is 3.64. The fourth-order valence-corrected chi connectivity index (χ4v) is 2.26. The van der Waals surface area contributed by atoms with Gasteiger partial charge in [0.05, 0.1) is 0 Å². The molecule has 0 aromatic heterocycles. The van der Waals surface area contributed by atoms with Crippen molar-refractivity contribution < 1.29 is 24.1 Å². The summed E-state index contributed by atoms with van der Waals surface area (Å²) in [5.74, 6) is 1.55. The second kappa shape index (κ2) is 7.42. The van der Waals surface area contributed by atoms with E-state index < -0.39 is 6.10 Å². The van der Waals surface area contributed by atoms with Crippen LogP contribution >= 0.6 is 11.6 Å². The summed E-state index contributed by atoms with van der Waals surface area (Å²) in [4.78, 5) is 11.9. The van der Waals surface area contributed by atoms with Crippen molar-refractivity contribution in [1.29, 1.82) is 0 Å². The van der Waals surface area contributed by atoms with Gasteiger partial charge in [0.25, 0.3) is 5.91 Å². The molecule has 0 saturated carbocycles. The lowest BCUT2D eigenvalue weighted by molar-refractivity contribution is 0.0843. The number of rotatable bonds is 6. The summed E-state index contributed by atoms with van der Waals surface area (Å²) in [7, 11) is 0. The summed E-state index contributed by atoms with van der Waals surface area (Å²) in [6.45, 7) is 0.310. The molecule has 0 spiro atoms. The van der Waals surface area contributed by atoms with Crippen molar-refractivity contribution >= 4 is 17.5 Å². The minimum Gasteiger partial charge on any atom is -0.491 e. The molecule has 6 nitrogen and oxygen atoms in total. The Kier molecular flexibility index (Phi) is 5.08. The van der Waals surface area contributed by atoms with Crippen LogP contribution in [0.2, 0.25) is 5.02 Å². The molecule has 0 radical (unpaired) electrons. The second-order valence-corrected chi connectivity index (χ2v) is 5.63. The van der Waals surface area contributed by atoms with Crippen LogP contribution in [0.25, 0.3) is 0 Å². The molecule has 1 aliphatic heterocycles. The van der Waals surface area contributed by atoms with Gasteiger partial charge in [-0.25, -0.2) is 0 Å². The molecule has 1 heterocycles. The van der Waals surface area contributed by atoms with E-state index in [1.807, 2.05) is 0 Å². The lowest BCUT2D eigenvalue weighted by Crippen LogP contribution is -2.35. The molecule has 0 aliphatic carbocycles. The number of aliphatic hydroxyl groups excluding tert-OH is 1. The first kappa shape index (κ1) is 16.4. The van der Waals surface area contributed by atoms with Gasteiger partial charge in [-0.1, -0.05) is 11.6 Å². The molecule has 0 bridgehead atoms. The highest BCUT2D eigenvalue weighted by Gasteiger charge is 2.15. The zero-order valence-electron chi connectivity index (χ0n) is 12.7. The SMILES string of the molecule is O=C(NC[C@H](O)COc1ccc2c(c1)OCO2)c1ccc(Cl)cc1. The quantitative estimate of drug-likeness (QED) is 0.836. The number of carbonyl (C=O) groups is 1. The van der Waals surface area contributed by atoms with Gasteiger partial charge in [0.2, 0.25) is 6.79 Å². The number of amides is 1. The van der Waals surface area contributed by atoms with E-state index in [-0.39, 0.29) is 25.9 Å². The summed E-state index contributed by atoms with van der Waals surface area (Å²) >= 11 is 5.77. The Morgan fingerprint density at radius 2 is 1.96 bits per heavy atom. The molecule has 2 N–H and O–H groups in total. The van der Waals surface area contributed by atoms with Gasteiger partial charge >= 0.3 is 0 Å². The summed E-state index contributed by atoms with van der Waals surface area (Å²) in [6, 6.07) is 11.7. The molecule has 2 aromatic rings. The minimum absolute atomic E-state index is 0.0422. The fourth-order valence-electron chi connectivity index (χ4n) is 2.13. The minimum atomic E-state index is -0.841. The maximum Gasteiger partial charge on any atom is 0.251 e. The summed E-state index contributed by atoms with van der Waals surface area (Å²) < 4.78 is 16.0. The number of fused-ring (bicyclic) bond motifs is 1. The highest BCUT2D eigenvalue weighted by atomic mass is 35.5. The van der Waals surface area contributed by atoms with Gasteiger partial charge in [0, 0.05) is 23.2 Å². The Balaban J connectivity index is 1.45. The van der Waals surface area contributed by atoms with Gasteiger partial charge in [-0.2, -0.15) is 0 Å². The summed E-state index contributed by atoms with van der Waals surface area (Å²) in [5.41, 5.74) is 0.475. The monoisotopic (exact) mass is 349 g/mol. The summed E-state index contributed by atoms with van der Waals surface area (Å²) in [5, 5.41) is 13.1. The first-order valence-electron chi connectivity index (χ1n) is 7.36. The van der Waals surface area contributed by atoms with Gasteiger partial charge < -0.3 is 24.6 Å². The van der Waals surface area contributed by atoms with Crippen LogP contribution in [-0.2, 0) is 0 Å². The molecule has 1 aliphatic rings. The zero-order chi connectivity index (χ0) is 16.9. The van der Waals surface area contributed by atoms with Crippen LogP contribution in [0, 0.1) is 0 Å². The lowest BCUT2D eigenvalue weighted by atomic mass is 10.2. The standard InChI is InChI=1S/C17H16ClNO5/c18-12-3-1-11(2-4-12)17(21)19-8-13(20)9-22-14-5-6-15-16(7-14)24-10-23-15/h1-7,13,20H,8-10H2,(H,19,21)/t13-/m0/s1. The molecule has 2 aromatic carbocycles. The molecule has 0 unspecified atom stereocenters. The van der Waals surface area contributed by atoms with E-state index in [2.05, 4.69) is 5.32 Å². The Hall–Kier alpha value is -2.44. The van der Waals surface area contributed by atoms with Gasteiger partial charge in [-0.05, 0) is 36.4 Å². The van der Waals surface area contributed by atoms with E-state index in [0.717, 1.165) is 0 Å². The highest BCUT2D eigenvalue weighted by molar-refractivity contribution is 6.30. The van der Waals surface area contributed by atoms with Crippen LogP contribution in [0.15, 0.2) is 42.5 Å². The third kappa shape index (κ3) is 4.10. The Labute approximate surface area is 143 Å². The number of hydrogen-bond acceptors (Lipinski definition) is 5. The molecule has 1 atom stereocenters. The topological polar surface area (TPSA) is 77.0 Å². The number of nitrogens with one attached hydrogen (secondary N) is 1. The van der Waals surface area contributed by atoms with Crippen LogP contribution in [0.5, 0.6) is 17.2 Å². The fraction of sp³-hybridized carbons (Fsp3) is 0.235. The smallest absolute Gasteiger partial charge is 0.251 e. The van der Waals surface area contributed by atoms with E-state index in [1.54, 1.807) is 42.5 Å². The molecule has 0 fully saturated rings. The molecule has 24 heavy (non-hydrogen) atoms. The number of hydrogen-bond donors (Lipinski definition) is 2. The number of carbonyl (C=O) groups excluding carboxylic acids is 1. The first-order valence-corrected chi connectivity index (χ1v) is 7.74. The number of aliphatic hydroxyl groups is 1. The highest BCUT2D eigenvalue weighted by Crippen LogP contribution is 2.35. The Morgan fingerprint density at radius 1 is 1.21 bits per heavy atom. The van der Waals surface area contributed by atoms with Crippen molar-refractivity contribution in [2.24, 2.45) is 0 Å². The van der Waals surface area contributed by atoms with Crippen LogP contribution in [-0.4, -0.2) is 37.1 Å². The molecular formula is C17H16ClNO5. The van der Waals surface area contributed by atoms with Crippen molar-refractivity contribution in [3.8, 4) is 17.2 Å². The first-order chi connectivity index (χ1) is 11.6. The average Bonchev–Trinajstić information content (AvgIpc) is 3.06. The van der Waals surface area contributed by atoms with E-state index >= 15 is 0 Å². The van der Waals surface area contributed by atoms with Crippen molar-refractivity contribution in [2.75, 3.05) is 19.9 Å². The molecule has 3 rings (SSSR count). The van der Waals surface area contributed by atoms with Gasteiger partial charge in [0.15, 0.2) is 11.5 Å². The van der Waals surface area contributed by atoms with Crippen LogP contribution in [0.1, 0.15) is 10.4 Å². The molecule has 1 amide bonds. The van der Waals surface area contributed by atoms with Crippen molar-refractivity contribution in [2.45, 2.75) is 6.10 Å². The predicted octanol–water partition coefficient (Wildman–Crippen LogP) is 2.24. The van der Waals surface area contributed by atoms with E-state index in [0.29, 0.717) is 27.8 Å². The average molecular weight is 350 g/mol. The predicted molar refractivity (Wildman–Crippen MR) is 87.9 cm³/mol. The van der Waals surface area contributed by atoms with Gasteiger partial charge in [0.1, 0.15) is 18.5 Å². The van der Waals surface area contributed by atoms with Crippen molar-refractivity contribution in [1.82, 2.24) is 5.32 Å². The van der Waals surface area contributed by atoms with Crippen molar-refractivity contribution in [3.63, 3.8) is 0 Å². The number of halogens is 1. The normalized spacial score (nSPS) is 13.4. The van der Waals surface area contributed by atoms with Crippen LogP contribution in [0.4, 0.5) is 0 Å². The molecular weight excluding hydrogens is 334 g/mol. The van der Waals surface area contributed by atoms with Gasteiger partial charge in [-0.3, -0.25) is 4.79 Å². The van der Waals surface area contributed by atoms with Gasteiger partial charge in [-0.15, -0.1) is 0 Å². The maximum atomic E-state index is 11.9. The number of benzene rings is 2. The third-order valence-electron chi connectivity index (χ3n) is 3.39. The number of ether oxygens (including phenoxy) is 3. The van der Waals surface area contributed by atoms with E-state index in [4.69, 9.17) is 25.8 Å². The molecule has 0 saturated heterocycles. The summed E-state index contributed by atoms with van der Waals surface area (Å²) in [6.07, 6.45) is -0.841.